The van der Waals surface area contributed by atoms with Gasteiger partial charge in [-0.2, -0.15) is 0 Å². The van der Waals surface area contributed by atoms with Gasteiger partial charge in [0.05, 0.1) is 4.90 Å². The van der Waals surface area contributed by atoms with Gasteiger partial charge in [-0.3, -0.25) is 4.79 Å². The minimum Gasteiger partial charge on any atom is -0.276 e. The summed E-state index contributed by atoms with van der Waals surface area (Å²) in [6.45, 7) is 3.80. The summed E-state index contributed by atoms with van der Waals surface area (Å²) in [5, 5.41) is -0.634. The molecule has 20 heavy (non-hydrogen) atoms. The van der Waals surface area contributed by atoms with Crippen LogP contribution in [0.3, 0.4) is 0 Å². The fourth-order valence-corrected chi connectivity index (χ4v) is 3.20. The number of sulfone groups is 1. The van der Waals surface area contributed by atoms with Crippen molar-refractivity contribution in [3.63, 3.8) is 0 Å². The van der Waals surface area contributed by atoms with E-state index in [-0.39, 0.29) is 10.5 Å². The van der Waals surface area contributed by atoms with Crippen molar-refractivity contribution in [1.29, 1.82) is 0 Å². The maximum Gasteiger partial charge on any atom is 0.252 e. The molecule has 0 aliphatic heterocycles. The van der Waals surface area contributed by atoms with Gasteiger partial charge in [-0.15, -0.1) is 0 Å². The molecule has 0 bridgehead atoms. The van der Waals surface area contributed by atoms with Crippen molar-refractivity contribution in [2.45, 2.75) is 38.0 Å². The summed E-state index contributed by atoms with van der Waals surface area (Å²) < 4.78 is 23.7. The van der Waals surface area contributed by atoms with Crippen LogP contribution in [0.5, 0.6) is 0 Å². The molecule has 1 aromatic carbocycles. The molecule has 0 saturated heterocycles. The first-order valence-electron chi connectivity index (χ1n) is 6.45. The molecule has 5 heteroatoms. The standard InChI is InChI=1S/C15H19ClO3S/c1-4-5-6-7-8-12-9-11(2)13(15(16)17)10-14(12)20(3,18)19/h5-6,9-10H,4,7-8H2,1-3H3/b6-5+. The summed E-state index contributed by atoms with van der Waals surface area (Å²) in [7, 11) is -3.38. The number of hydrogen-bond acceptors (Lipinski definition) is 3. The highest BCUT2D eigenvalue weighted by atomic mass is 35.5. The first-order chi connectivity index (χ1) is 9.27. The molecule has 0 aliphatic carbocycles. The fourth-order valence-electron chi connectivity index (χ4n) is 2.02. The van der Waals surface area contributed by atoms with Gasteiger partial charge in [0.15, 0.2) is 9.84 Å². The van der Waals surface area contributed by atoms with E-state index in [0.717, 1.165) is 24.7 Å². The number of allylic oxidation sites excluding steroid dienone is 2. The molecule has 1 rings (SSSR count). The van der Waals surface area contributed by atoms with E-state index in [0.29, 0.717) is 12.0 Å². The van der Waals surface area contributed by atoms with Crippen LogP contribution in [0.15, 0.2) is 29.2 Å². The first-order valence-corrected chi connectivity index (χ1v) is 8.72. The van der Waals surface area contributed by atoms with Crippen molar-refractivity contribution >= 4 is 26.7 Å². The number of carbonyl (C=O) groups is 1. The maximum atomic E-state index is 11.9. The van der Waals surface area contributed by atoms with Crippen LogP contribution in [0.2, 0.25) is 0 Å². The topological polar surface area (TPSA) is 51.2 Å². The highest BCUT2D eigenvalue weighted by Crippen LogP contribution is 2.24. The lowest BCUT2D eigenvalue weighted by Gasteiger charge is -2.11. The molecule has 0 aliphatic rings. The summed E-state index contributed by atoms with van der Waals surface area (Å²) in [6, 6.07) is 3.13. The van der Waals surface area contributed by atoms with E-state index in [4.69, 9.17) is 11.6 Å². The normalized spacial score (nSPS) is 12.0. The molecule has 0 N–H and O–H groups in total. The average molecular weight is 315 g/mol. The molecular formula is C15H19ClO3S. The molecule has 0 amide bonds. The molecule has 110 valence electrons. The second kappa shape index (κ2) is 7.04. The van der Waals surface area contributed by atoms with E-state index in [9.17, 15) is 13.2 Å². The van der Waals surface area contributed by atoms with Crippen molar-refractivity contribution in [3.05, 3.63) is 41.0 Å². The molecule has 0 fully saturated rings. The Morgan fingerprint density at radius 3 is 2.45 bits per heavy atom. The third-order valence-corrected chi connectivity index (χ3v) is 4.38. The van der Waals surface area contributed by atoms with Crippen LogP contribution in [0, 0.1) is 6.92 Å². The van der Waals surface area contributed by atoms with Crippen LogP contribution in [0.4, 0.5) is 0 Å². The SMILES string of the molecule is CC/C=C/CCc1cc(C)c(C(=O)Cl)cc1S(C)(=O)=O. The summed E-state index contributed by atoms with van der Waals surface area (Å²) in [5.74, 6) is 0. The van der Waals surface area contributed by atoms with Crippen molar-refractivity contribution in [3.8, 4) is 0 Å². The fraction of sp³-hybridized carbons (Fsp3) is 0.400. The lowest BCUT2D eigenvalue weighted by atomic mass is 10.0. The van der Waals surface area contributed by atoms with Crippen LogP contribution < -0.4 is 0 Å². The van der Waals surface area contributed by atoms with Gasteiger partial charge in [0, 0.05) is 11.8 Å². The zero-order valence-electron chi connectivity index (χ0n) is 11.9. The Balaban J connectivity index is 3.25. The number of hydrogen-bond donors (Lipinski definition) is 0. The van der Waals surface area contributed by atoms with Gasteiger partial charge in [-0.05, 0) is 55.0 Å². The highest BCUT2D eigenvalue weighted by Gasteiger charge is 2.17. The second-order valence-electron chi connectivity index (χ2n) is 4.74. The summed E-state index contributed by atoms with van der Waals surface area (Å²) in [4.78, 5) is 11.5. The number of carbonyl (C=O) groups excluding carboxylic acids is 1. The van der Waals surface area contributed by atoms with E-state index in [1.54, 1.807) is 13.0 Å². The van der Waals surface area contributed by atoms with E-state index in [1.807, 2.05) is 19.1 Å². The Morgan fingerprint density at radius 2 is 1.95 bits per heavy atom. The van der Waals surface area contributed by atoms with Gasteiger partial charge >= 0.3 is 0 Å². The van der Waals surface area contributed by atoms with Crippen molar-refractivity contribution < 1.29 is 13.2 Å². The summed E-state index contributed by atoms with van der Waals surface area (Å²) >= 11 is 5.48. The van der Waals surface area contributed by atoms with Crippen LogP contribution in [-0.4, -0.2) is 19.9 Å². The van der Waals surface area contributed by atoms with Crippen LogP contribution in [0.25, 0.3) is 0 Å². The highest BCUT2D eigenvalue weighted by molar-refractivity contribution is 7.90. The molecule has 0 unspecified atom stereocenters. The van der Waals surface area contributed by atoms with Crippen LogP contribution in [0.1, 0.15) is 41.3 Å². The van der Waals surface area contributed by atoms with E-state index in [1.165, 1.54) is 6.07 Å². The molecule has 3 nitrogen and oxygen atoms in total. The third-order valence-electron chi connectivity index (χ3n) is 3.00. The van der Waals surface area contributed by atoms with E-state index >= 15 is 0 Å². The van der Waals surface area contributed by atoms with Gasteiger partial charge in [-0.1, -0.05) is 25.1 Å². The second-order valence-corrected chi connectivity index (χ2v) is 7.07. The Kier molecular flexibility index (Phi) is 5.96. The Hall–Kier alpha value is -1.13. The van der Waals surface area contributed by atoms with Gasteiger partial charge in [0.2, 0.25) is 0 Å². The average Bonchev–Trinajstić information content (AvgIpc) is 2.32. The molecule has 0 aromatic heterocycles. The van der Waals surface area contributed by atoms with Gasteiger partial charge in [0.1, 0.15) is 0 Å². The van der Waals surface area contributed by atoms with Gasteiger partial charge in [0.25, 0.3) is 5.24 Å². The minimum absolute atomic E-state index is 0.192. The first kappa shape index (κ1) is 16.9. The molecule has 0 saturated carbocycles. The van der Waals surface area contributed by atoms with Crippen molar-refractivity contribution in [2.24, 2.45) is 0 Å². The minimum atomic E-state index is -3.38. The zero-order valence-corrected chi connectivity index (χ0v) is 13.5. The van der Waals surface area contributed by atoms with Crippen molar-refractivity contribution in [2.75, 3.05) is 6.26 Å². The summed E-state index contributed by atoms with van der Waals surface area (Å²) in [5.41, 5.74) is 1.68. The monoisotopic (exact) mass is 314 g/mol. The molecule has 0 radical (unpaired) electrons. The van der Waals surface area contributed by atoms with E-state index < -0.39 is 15.1 Å². The maximum absolute atomic E-state index is 11.9. The molecular weight excluding hydrogens is 296 g/mol. The number of aryl methyl sites for hydroxylation is 2. The zero-order chi connectivity index (χ0) is 15.3. The number of benzene rings is 1. The smallest absolute Gasteiger partial charge is 0.252 e. The Bertz CT molecular complexity index is 631. The van der Waals surface area contributed by atoms with E-state index in [2.05, 4.69) is 0 Å². The van der Waals surface area contributed by atoms with Crippen molar-refractivity contribution in [1.82, 2.24) is 0 Å². The predicted molar refractivity (Wildman–Crippen MR) is 82.2 cm³/mol. The van der Waals surface area contributed by atoms with Crippen LogP contribution >= 0.6 is 11.6 Å². The van der Waals surface area contributed by atoms with Gasteiger partial charge in [-0.25, -0.2) is 8.42 Å². The predicted octanol–water partition coefficient (Wildman–Crippen LogP) is 3.68. The molecule has 0 atom stereocenters. The molecule has 0 heterocycles. The van der Waals surface area contributed by atoms with Gasteiger partial charge < -0.3 is 0 Å². The Labute approximate surface area is 125 Å². The lowest BCUT2D eigenvalue weighted by Crippen LogP contribution is -2.06. The number of rotatable bonds is 6. The lowest BCUT2D eigenvalue weighted by molar-refractivity contribution is 0.108. The molecule has 0 spiro atoms. The van der Waals surface area contributed by atoms with Crippen LogP contribution in [-0.2, 0) is 16.3 Å². The quantitative estimate of drug-likeness (QED) is 0.594. The summed E-state index contributed by atoms with van der Waals surface area (Å²) in [6.07, 6.45) is 7.56. The number of halogens is 1. The largest absolute Gasteiger partial charge is 0.276 e. The molecule has 1 aromatic rings. The third kappa shape index (κ3) is 4.46. The Morgan fingerprint density at radius 1 is 1.30 bits per heavy atom.